The highest BCUT2D eigenvalue weighted by atomic mass is 35.5. The summed E-state index contributed by atoms with van der Waals surface area (Å²) in [6, 6.07) is 11.6. The van der Waals surface area contributed by atoms with Gasteiger partial charge >= 0.3 is 6.03 Å². The molecule has 5 nitrogen and oxygen atoms in total. The zero-order valence-corrected chi connectivity index (χ0v) is 16.7. The van der Waals surface area contributed by atoms with Gasteiger partial charge in [-0.25, -0.2) is 9.69 Å². The van der Waals surface area contributed by atoms with Crippen molar-refractivity contribution in [3.8, 4) is 5.75 Å². The molecule has 1 unspecified atom stereocenters. The van der Waals surface area contributed by atoms with E-state index in [1.165, 1.54) is 34.4 Å². The van der Waals surface area contributed by atoms with Gasteiger partial charge in [-0.2, -0.15) is 11.3 Å². The van der Waals surface area contributed by atoms with Crippen LogP contribution in [0.5, 0.6) is 5.75 Å². The van der Waals surface area contributed by atoms with Crippen molar-refractivity contribution in [3.63, 3.8) is 0 Å². The number of phenolic OH excluding ortho intramolecular Hbond substituents is 1. The maximum Gasteiger partial charge on any atom is 0.332 e. The van der Waals surface area contributed by atoms with Gasteiger partial charge in [0.15, 0.2) is 0 Å². The highest BCUT2D eigenvalue weighted by Crippen LogP contribution is 2.37. The number of halogens is 2. The summed E-state index contributed by atoms with van der Waals surface area (Å²) in [6.45, 7) is 0.289. The molecule has 8 heteroatoms. The van der Waals surface area contributed by atoms with Crippen LogP contribution in [0.1, 0.15) is 17.2 Å². The Bertz CT molecular complexity index is 1040. The van der Waals surface area contributed by atoms with Gasteiger partial charge in [0.2, 0.25) is 0 Å². The molecule has 1 fully saturated rings. The topological polar surface area (TPSA) is 60.9 Å². The summed E-state index contributed by atoms with van der Waals surface area (Å²) in [7, 11) is 0. The molecule has 2 heterocycles. The summed E-state index contributed by atoms with van der Waals surface area (Å²) in [5.74, 6) is -0.296. The lowest BCUT2D eigenvalue weighted by atomic mass is 10.0. The Balaban J connectivity index is 1.77. The van der Waals surface area contributed by atoms with Crippen LogP contribution in [0.2, 0.25) is 10.0 Å². The fourth-order valence-corrected chi connectivity index (χ4v) is 4.12. The molecule has 0 aliphatic carbocycles. The van der Waals surface area contributed by atoms with Crippen LogP contribution in [0, 0.1) is 0 Å². The zero-order chi connectivity index (χ0) is 19.8. The van der Waals surface area contributed by atoms with Crippen LogP contribution >= 0.6 is 34.5 Å². The van der Waals surface area contributed by atoms with Gasteiger partial charge < -0.3 is 10.0 Å². The van der Waals surface area contributed by atoms with Crippen molar-refractivity contribution < 1.29 is 14.7 Å². The SMILES string of the molecule is O=C1C(c2ccc(O)cc2)N(Cc2ccsc2)C(=O)N1c1ccc(Cl)c(Cl)c1. The quantitative estimate of drug-likeness (QED) is 0.555. The molecule has 1 saturated heterocycles. The van der Waals surface area contributed by atoms with Gasteiger partial charge in [0.25, 0.3) is 5.91 Å². The number of benzene rings is 2. The smallest absolute Gasteiger partial charge is 0.332 e. The summed E-state index contributed by atoms with van der Waals surface area (Å²) in [5, 5.41) is 14.0. The highest BCUT2D eigenvalue weighted by Gasteiger charge is 2.46. The third-order valence-corrected chi connectivity index (χ3v) is 5.98. The second-order valence-corrected chi connectivity index (χ2v) is 7.90. The minimum Gasteiger partial charge on any atom is -0.508 e. The molecule has 0 spiro atoms. The first-order valence-corrected chi connectivity index (χ1v) is 10.0. The van der Waals surface area contributed by atoms with E-state index in [0.29, 0.717) is 16.3 Å². The van der Waals surface area contributed by atoms with Gasteiger partial charge in [-0.05, 0) is 58.3 Å². The molecule has 3 aromatic rings. The number of urea groups is 1. The fraction of sp³-hybridized carbons (Fsp3) is 0.100. The molecule has 3 amide bonds. The molecular formula is C20H14Cl2N2O3S. The number of amides is 3. The number of nitrogens with zero attached hydrogens (tertiary/aromatic N) is 2. The average molecular weight is 433 g/mol. The molecule has 1 atom stereocenters. The van der Waals surface area contributed by atoms with Crippen molar-refractivity contribution in [2.45, 2.75) is 12.6 Å². The van der Waals surface area contributed by atoms with Crippen LogP contribution in [-0.2, 0) is 11.3 Å². The molecule has 1 N–H and O–H groups in total. The van der Waals surface area contributed by atoms with Crippen molar-refractivity contribution in [2.75, 3.05) is 4.90 Å². The average Bonchev–Trinajstić information content (AvgIpc) is 3.26. The Morgan fingerprint density at radius 1 is 1.00 bits per heavy atom. The summed E-state index contributed by atoms with van der Waals surface area (Å²) < 4.78 is 0. The molecule has 142 valence electrons. The first kappa shape index (κ1) is 18.8. The lowest BCUT2D eigenvalue weighted by Gasteiger charge is -2.21. The van der Waals surface area contributed by atoms with E-state index in [0.717, 1.165) is 10.5 Å². The van der Waals surface area contributed by atoms with E-state index in [9.17, 15) is 14.7 Å². The van der Waals surface area contributed by atoms with Crippen molar-refractivity contribution >= 4 is 52.2 Å². The molecule has 0 saturated carbocycles. The zero-order valence-electron chi connectivity index (χ0n) is 14.4. The Morgan fingerprint density at radius 2 is 1.75 bits per heavy atom. The van der Waals surface area contributed by atoms with Gasteiger partial charge in [0.1, 0.15) is 11.8 Å². The number of anilines is 1. The van der Waals surface area contributed by atoms with Crippen molar-refractivity contribution in [3.05, 3.63) is 80.5 Å². The van der Waals surface area contributed by atoms with Crippen LogP contribution in [0.4, 0.5) is 10.5 Å². The van der Waals surface area contributed by atoms with Gasteiger partial charge in [0, 0.05) is 6.54 Å². The number of imide groups is 1. The molecule has 1 aliphatic heterocycles. The second kappa shape index (κ2) is 7.47. The Kier molecular flexibility index (Phi) is 5.02. The number of carbonyl (C=O) groups is 2. The van der Waals surface area contributed by atoms with Crippen LogP contribution < -0.4 is 4.90 Å². The van der Waals surface area contributed by atoms with Crippen LogP contribution in [0.15, 0.2) is 59.3 Å². The standard InChI is InChI=1S/C20H14Cl2N2O3S/c21-16-6-3-14(9-17(16)22)24-19(26)18(13-1-4-15(25)5-2-13)23(20(24)27)10-12-7-8-28-11-12/h1-9,11,18,25H,10H2. The van der Waals surface area contributed by atoms with Crippen LogP contribution in [0.3, 0.4) is 0 Å². The predicted molar refractivity (Wildman–Crippen MR) is 110 cm³/mol. The van der Waals surface area contributed by atoms with Gasteiger partial charge in [-0.1, -0.05) is 35.3 Å². The first-order chi connectivity index (χ1) is 13.5. The normalized spacial score (nSPS) is 16.9. The summed E-state index contributed by atoms with van der Waals surface area (Å²) >= 11 is 13.6. The number of hydrogen-bond acceptors (Lipinski definition) is 4. The lowest BCUT2D eigenvalue weighted by molar-refractivity contribution is -0.120. The minimum atomic E-state index is -0.803. The number of carbonyl (C=O) groups excluding carboxylic acids is 2. The number of thiophene rings is 1. The van der Waals surface area contributed by atoms with Crippen molar-refractivity contribution in [1.82, 2.24) is 4.90 Å². The Morgan fingerprint density at radius 3 is 2.39 bits per heavy atom. The third kappa shape index (κ3) is 3.35. The monoisotopic (exact) mass is 432 g/mol. The van der Waals surface area contributed by atoms with Crippen LogP contribution in [0.25, 0.3) is 0 Å². The van der Waals surface area contributed by atoms with E-state index in [1.54, 1.807) is 24.3 Å². The maximum atomic E-state index is 13.3. The number of aromatic hydroxyl groups is 1. The van der Waals surface area contributed by atoms with Gasteiger partial charge in [0.05, 0.1) is 15.7 Å². The Hall–Kier alpha value is -2.54. The largest absolute Gasteiger partial charge is 0.508 e. The van der Waals surface area contributed by atoms with E-state index in [2.05, 4.69) is 0 Å². The number of hydrogen-bond donors (Lipinski definition) is 1. The summed E-state index contributed by atoms with van der Waals surface area (Å²) in [6.07, 6.45) is 0. The molecule has 1 aliphatic rings. The number of phenols is 1. The van der Waals surface area contributed by atoms with E-state index < -0.39 is 12.1 Å². The molecule has 1 aromatic heterocycles. The molecule has 0 bridgehead atoms. The first-order valence-electron chi connectivity index (χ1n) is 8.35. The molecule has 0 radical (unpaired) electrons. The highest BCUT2D eigenvalue weighted by molar-refractivity contribution is 7.07. The van der Waals surface area contributed by atoms with Crippen molar-refractivity contribution in [2.24, 2.45) is 0 Å². The summed E-state index contributed by atoms with van der Waals surface area (Å²) in [5.41, 5.74) is 1.92. The lowest BCUT2D eigenvalue weighted by Crippen LogP contribution is -2.32. The predicted octanol–water partition coefficient (Wildman–Crippen LogP) is 5.47. The fourth-order valence-electron chi connectivity index (χ4n) is 3.17. The molecule has 28 heavy (non-hydrogen) atoms. The van der Waals surface area contributed by atoms with E-state index in [4.69, 9.17) is 23.2 Å². The van der Waals surface area contributed by atoms with E-state index in [-0.39, 0.29) is 23.2 Å². The third-order valence-electron chi connectivity index (χ3n) is 4.51. The second-order valence-electron chi connectivity index (χ2n) is 6.31. The molecule has 4 rings (SSSR count). The Labute approximate surface area is 175 Å². The van der Waals surface area contributed by atoms with Crippen LogP contribution in [-0.4, -0.2) is 21.9 Å². The van der Waals surface area contributed by atoms with Crippen molar-refractivity contribution in [1.29, 1.82) is 0 Å². The van der Waals surface area contributed by atoms with Gasteiger partial charge in [-0.3, -0.25) is 4.79 Å². The molecular weight excluding hydrogens is 419 g/mol. The number of rotatable bonds is 4. The molecule has 2 aromatic carbocycles. The summed E-state index contributed by atoms with van der Waals surface area (Å²) in [4.78, 5) is 29.1. The van der Waals surface area contributed by atoms with Gasteiger partial charge in [-0.15, -0.1) is 0 Å². The van der Waals surface area contributed by atoms with E-state index in [1.807, 2.05) is 16.8 Å². The van der Waals surface area contributed by atoms with E-state index >= 15 is 0 Å². The maximum absolute atomic E-state index is 13.3. The minimum absolute atomic E-state index is 0.0891.